The smallest absolute Gasteiger partial charge is 0.170 e. The predicted octanol–water partition coefficient (Wildman–Crippen LogP) is -0.0664. The number of H-pyrrole nitrogens is 1. The molecule has 0 radical (unpaired) electrons. The van der Waals surface area contributed by atoms with Crippen LogP contribution in [0.25, 0.3) is 17.0 Å². The second kappa shape index (κ2) is 2.59. The number of hydrogen-bond acceptors (Lipinski definition) is 5. The summed E-state index contributed by atoms with van der Waals surface area (Å²) < 4.78 is 1.69. The predicted molar refractivity (Wildman–Crippen MR) is 46.6 cm³/mol. The molecule has 0 saturated heterocycles. The van der Waals surface area contributed by atoms with Crippen molar-refractivity contribution in [3.05, 3.63) is 25.3 Å². The summed E-state index contributed by atoms with van der Waals surface area (Å²) in [5.74, 6) is 0.668. The SMILES string of the molecule is c1nc(-n2cnnc2)c2nc[nH]c2n1. The minimum atomic E-state index is 0.668. The largest absolute Gasteiger partial charge is 0.329 e. The Morgan fingerprint density at radius 2 is 1.93 bits per heavy atom. The Kier molecular flexibility index (Phi) is 1.32. The Hall–Kier alpha value is -2.31. The number of nitrogens with zero attached hydrogens (tertiary/aromatic N) is 6. The first-order chi connectivity index (χ1) is 6.95. The normalized spacial score (nSPS) is 10.9. The maximum atomic E-state index is 4.12. The summed E-state index contributed by atoms with van der Waals surface area (Å²) in [5, 5.41) is 7.41. The van der Waals surface area contributed by atoms with Gasteiger partial charge in [-0.2, -0.15) is 0 Å². The van der Waals surface area contributed by atoms with Crippen molar-refractivity contribution in [1.29, 1.82) is 0 Å². The molecule has 3 aromatic rings. The zero-order valence-corrected chi connectivity index (χ0v) is 6.99. The van der Waals surface area contributed by atoms with Crippen LogP contribution in [0.15, 0.2) is 25.3 Å². The van der Waals surface area contributed by atoms with Crippen LogP contribution in [0, 0.1) is 0 Å². The maximum Gasteiger partial charge on any atom is 0.170 e. The second-order valence-electron chi connectivity index (χ2n) is 2.67. The van der Waals surface area contributed by atoms with Crippen molar-refractivity contribution in [2.45, 2.75) is 0 Å². The fourth-order valence-electron chi connectivity index (χ4n) is 1.25. The van der Waals surface area contributed by atoms with Crippen molar-refractivity contribution < 1.29 is 0 Å². The molecule has 3 aromatic heterocycles. The van der Waals surface area contributed by atoms with E-state index in [9.17, 15) is 0 Å². The van der Waals surface area contributed by atoms with E-state index >= 15 is 0 Å². The Labute approximate surface area is 77.9 Å². The highest BCUT2D eigenvalue weighted by Crippen LogP contribution is 2.12. The molecule has 68 valence electrons. The van der Waals surface area contributed by atoms with Crippen molar-refractivity contribution in [3.63, 3.8) is 0 Å². The van der Waals surface area contributed by atoms with E-state index in [0.717, 1.165) is 0 Å². The van der Waals surface area contributed by atoms with Gasteiger partial charge < -0.3 is 4.98 Å². The highest BCUT2D eigenvalue weighted by molar-refractivity contribution is 5.77. The number of rotatable bonds is 1. The molecule has 0 aliphatic heterocycles. The number of aromatic nitrogens is 7. The number of fused-ring (bicyclic) bond motifs is 1. The molecule has 0 aliphatic carbocycles. The minimum Gasteiger partial charge on any atom is -0.329 e. The van der Waals surface area contributed by atoms with Crippen LogP contribution < -0.4 is 0 Å². The van der Waals surface area contributed by atoms with Gasteiger partial charge in [0.15, 0.2) is 17.0 Å². The Morgan fingerprint density at radius 3 is 2.79 bits per heavy atom. The van der Waals surface area contributed by atoms with Crippen LogP contribution in [0.1, 0.15) is 0 Å². The Balaban J connectivity index is 2.36. The van der Waals surface area contributed by atoms with Gasteiger partial charge in [-0.3, -0.25) is 4.57 Å². The van der Waals surface area contributed by atoms with Crippen LogP contribution in [0.5, 0.6) is 0 Å². The average Bonchev–Trinajstić information content (AvgIpc) is 2.88. The summed E-state index contributed by atoms with van der Waals surface area (Å²) in [5.41, 5.74) is 1.40. The summed E-state index contributed by atoms with van der Waals surface area (Å²) in [6.45, 7) is 0. The summed E-state index contributed by atoms with van der Waals surface area (Å²) in [6.07, 6.45) is 6.18. The summed E-state index contributed by atoms with van der Waals surface area (Å²) in [4.78, 5) is 15.2. The van der Waals surface area contributed by atoms with Crippen molar-refractivity contribution in [2.75, 3.05) is 0 Å². The molecule has 0 unspecified atom stereocenters. The molecule has 3 heterocycles. The number of hydrogen-bond donors (Lipinski definition) is 1. The van der Waals surface area contributed by atoms with Crippen molar-refractivity contribution in [3.8, 4) is 5.82 Å². The maximum absolute atomic E-state index is 4.12. The lowest BCUT2D eigenvalue weighted by Gasteiger charge is -1.98. The first-order valence-electron chi connectivity index (χ1n) is 3.94. The summed E-state index contributed by atoms with van der Waals surface area (Å²) in [7, 11) is 0. The standard InChI is InChI=1S/C7H5N7/c1-8-5-6(9-1)10-2-11-7(5)14-3-12-13-4-14/h1-4H,(H,8,9,10,11). The van der Waals surface area contributed by atoms with Crippen LogP contribution in [-0.4, -0.2) is 34.7 Å². The molecule has 0 atom stereocenters. The molecule has 0 aromatic carbocycles. The molecule has 7 heteroatoms. The van der Waals surface area contributed by atoms with E-state index in [4.69, 9.17) is 0 Å². The zero-order chi connectivity index (χ0) is 9.38. The van der Waals surface area contributed by atoms with Gasteiger partial charge in [0, 0.05) is 0 Å². The molecule has 3 rings (SSSR count). The quantitative estimate of drug-likeness (QED) is 0.576. The van der Waals surface area contributed by atoms with Crippen LogP contribution in [-0.2, 0) is 0 Å². The van der Waals surface area contributed by atoms with Gasteiger partial charge in [0.2, 0.25) is 0 Å². The first-order valence-corrected chi connectivity index (χ1v) is 3.94. The highest BCUT2D eigenvalue weighted by Gasteiger charge is 2.06. The van der Waals surface area contributed by atoms with E-state index in [-0.39, 0.29) is 0 Å². The lowest BCUT2D eigenvalue weighted by Crippen LogP contribution is -1.96. The van der Waals surface area contributed by atoms with E-state index in [1.807, 2.05) is 0 Å². The van der Waals surface area contributed by atoms with Crippen molar-refractivity contribution in [1.82, 2.24) is 34.7 Å². The van der Waals surface area contributed by atoms with Gasteiger partial charge in [-0.1, -0.05) is 0 Å². The van der Waals surface area contributed by atoms with Crippen LogP contribution >= 0.6 is 0 Å². The molecule has 14 heavy (non-hydrogen) atoms. The third-order valence-electron chi connectivity index (χ3n) is 1.86. The Bertz CT molecular complexity index is 552. The summed E-state index contributed by atoms with van der Waals surface area (Å²) >= 11 is 0. The molecule has 0 amide bonds. The van der Waals surface area contributed by atoms with E-state index in [0.29, 0.717) is 17.0 Å². The van der Waals surface area contributed by atoms with Crippen molar-refractivity contribution in [2.24, 2.45) is 0 Å². The molecule has 0 spiro atoms. The molecule has 7 nitrogen and oxygen atoms in total. The minimum absolute atomic E-state index is 0.668. The fourth-order valence-corrected chi connectivity index (χ4v) is 1.25. The molecule has 0 bridgehead atoms. The van der Waals surface area contributed by atoms with E-state index in [1.165, 1.54) is 6.33 Å². The third kappa shape index (κ3) is 0.889. The second-order valence-corrected chi connectivity index (χ2v) is 2.67. The first kappa shape index (κ1) is 7.13. The van der Waals surface area contributed by atoms with Gasteiger partial charge in [0.25, 0.3) is 0 Å². The Morgan fingerprint density at radius 1 is 1.07 bits per heavy atom. The van der Waals surface area contributed by atoms with Gasteiger partial charge in [-0.25, -0.2) is 15.0 Å². The van der Waals surface area contributed by atoms with Crippen LogP contribution in [0.2, 0.25) is 0 Å². The average molecular weight is 187 g/mol. The van der Waals surface area contributed by atoms with Gasteiger partial charge in [-0.15, -0.1) is 10.2 Å². The lowest BCUT2D eigenvalue weighted by atomic mass is 10.5. The van der Waals surface area contributed by atoms with Gasteiger partial charge in [0.1, 0.15) is 19.0 Å². The van der Waals surface area contributed by atoms with Gasteiger partial charge in [-0.05, 0) is 0 Å². The van der Waals surface area contributed by atoms with E-state index < -0.39 is 0 Å². The number of nitrogens with one attached hydrogen (secondary N) is 1. The molecule has 0 saturated carbocycles. The number of imidazole rings is 1. The number of aromatic amines is 1. The monoisotopic (exact) mass is 187 g/mol. The molecule has 0 fully saturated rings. The molecular formula is C7H5N7. The topological polar surface area (TPSA) is 85.2 Å². The van der Waals surface area contributed by atoms with E-state index in [2.05, 4.69) is 30.1 Å². The summed E-state index contributed by atoms with van der Waals surface area (Å²) in [6, 6.07) is 0. The third-order valence-corrected chi connectivity index (χ3v) is 1.86. The highest BCUT2D eigenvalue weighted by atomic mass is 15.3. The van der Waals surface area contributed by atoms with E-state index in [1.54, 1.807) is 23.5 Å². The van der Waals surface area contributed by atoms with Crippen LogP contribution in [0.4, 0.5) is 0 Å². The fraction of sp³-hybridized carbons (Fsp3) is 0. The van der Waals surface area contributed by atoms with Crippen LogP contribution in [0.3, 0.4) is 0 Å². The van der Waals surface area contributed by atoms with Gasteiger partial charge >= 0.3 is 0 Å². The van der Waals surface area contributed by atoms with Gasteiger partial charge in [0.05, 0.1) is 6.33 Å². The lowest BCUT2D eigenvalue weighted by molar-refractivity contribution is 0.985. The molecule has 1 N–H and O–H groups in total. The van der Waals surface area contributed by atoms with Crippen molar-refractivity contribution >= 4 is 11.2 Å². The molecule has 0 aliphatic rings. The molecular weight excluding hydrogens is 182 g/mol. The zero-order valence-electron chi connectivity index (χ0n) is 6.99.